The van der Waals surface area contributed by atoms with Crippen LogP contribution in [0, 0.1) is 5.92 Å². The van der Waals surface area contributed by atoms with Crippen LogP contribution in [-0.4, -0.2) is 106 Å². The molecule has 142 valence electrons. The van der Waals surface area contributed by atoms with E-state index < -0.39 is 74.4 Å². The van der Waals surface area contributed by atoms with Crippen molar-refractivity contribution in [2.75, 3.05) is 20.3 Å². The lowest BCUT2D eigenvalue weighted by atomic mass is 9.91. The van der Waals surface area contributed by atoms with E-state index in [-0.39, 0.29) is 0 Å². The van der Waals surface area contributed by atoms with Gasteiger partial charge >= 0.3 is 0 Å². The average molecular weight is 354 g/mol. The Morgan fingerprint density at radius 2 is 1.33 bits per heavy atom. The predicted octanol–water partition coefficient (Wildman–Crippen LogP) is -3.47. The average Bonchev–Trinajstić information content (AvgIpc) is 2.59. The lowest BCUT2D eigenvalue weighted by Gasteiger charge is -2.46. The summed E-state index contributed by atoms with van der Waals surface area (Å²) >= 11 is 0. The fourth-order valence-corrected chi connectivity index (χ4v) is 2.96. The van der Waals surface area contributed by atoms with Crippen LogP contribution >= 0.6 is 0 Å². The number of aliphatic hydroxyl groups excluding tert-OH is 6. The molecule has 2 saturated heterocycles. The first-order valence-corrected chi connectivity index (χ1v) is 7.78. The van der Waals surface area contributed by atoms with Crippen molar-refractivity contribution < 1.29 is 49.6 Å². The SMILES string of the molecule is COC1OC(CO)C(OC2OC(CO)C(C)C(O)C2O)C(O)C1O. The summed E-state index contributed by atoms with van der Waals surface area (Å²) in [5.74, 6) is -0.533. The molecule has 0 aromatic carbocycles. The van der Waals surface area contributed by atoms with Crippen LogP contribution in [0.15, 0.2) is 0 Å². The fourth-order valence-electron chi connectivity index (χ4n) is 2.96. The molecule has 0 radical (unpaired) electrons. The van der Waals surface area contributed by atoms with Gasteiger partial charge in [0, 0.05) is 13.0 Å². The molecule has 24 heavy (non-hydrogen) atoms. The van der Waals surface area contributed by atoms with Gasteiger partial charge in [0.05, 0.1) is 25.4 Å². The Hall–Kier alpha value is -0.400. The molecule has 2 rings (SSSR count). The zero-order valence-electron chi connectivity index (χ0n) is 13.5. The monoisotopic (exact) mass is 354 g/mol. The van der Waals surface area contributed by atoms with Crippen molar-refractivity contribution in [3.8, 4) is 0 Å². The Morgan fingerprint density at radius 1 is 0.792 bits per heavy atom. The summed E-state index contributed by atoms with van der Waals surface area (Å²) in [4.78, 5) is 0. The Morgan fingerprint density at radius 3 is 1.88 bits per heavy atom. The maximum Gasteiger partial charge on any atom is 0.187 e. The van der Waals surface area contributed by atoms with E-state index >= 15 is 0 Å². The van der Waals surface area contributed by atoms with Gasteiger partial charge in [-0.05, 0) is 0 Å². The second-order valence-corrected chi connectivity index (χ2v) is 6.11. The largest absolute Gasteiger partial charge is 0.394 e. The number of methoxy groups -OCH3 is 1. The number of hydrogen-bond donors (Lipinski definition) is 6. The number of ether oxygens (including phenoxy) is 4. The van der Waals surface area contributed by atoms with Crippen molar-refractivity contribution in [3.63, 3.8) is 0 Å². The van der Waals surface area contributed by atoms with Crippen molar-refractivity contribution in [1.29, 1.82) is 0 Å². The van der Waals surface area contributed by atoms with Crippen LogP contribution in [0.3, 0.4) is 0 Å². The van der Waals surface area contributed by atoms with Gasteiger partial charge in [-0.2, -0.15) is 0 Å². The van der Waals surface area contributed by atoms with Gasteiger partial charge in [0.15, 0.2) is 12.6 Å². The van der Waals surface area contributed by atoms with E-state index in [4.69, 9.17) is 18.9 Å². The van der Waals surface area contributed by atoms with Gasteiger partial charge in [0.2, 0.25) is 0 Å². The smallest absolute Gasteiger partial charge is 0.187 e. The third-order valence-electron chi connectivity index (χ3n) is 4.59. The molecule has 2 aliphatic rings. The van der Waals surface area contributed by atoms with Gasteiger partial charge in [-0.15, -0.1) is 0 Å². The Kier molecular flexibility index (Phi) is 6.90. The number of aliphatic hydroxyl groups is 6. The third kappa shape index (κ3) is 3.73. The van der Waals surface area contributed by atoms with Crippen LogP contribution in [0.1, 0.15) is 6.92 Å². The lowest BCUT2D eigenvalue weighted by molar-refractivity contribution is -0.353. The molecule has 2 heterocycles. The molecular formula is C14H26O10. The van der Waals surface area contributed by atoms with E-state index in [9.17, 15) is 30.6 Å². The fraction of sp³-hybridized carbons (Fsp3) is 1.00. The van der Waals surface area contributed by atoms with Crippen LogP contribution in [0.4, 0.5) is 0 Å². The third-order valence-corrected chi connectivity index (χ3v) is 4.59. The van der Waals surface area contributed by atoms with E-state index in [0.717, 1.165) is 0 Å². The summed E-state index contributed by atoms with van der Waals surface area (Å²) in [7, 11) is 1.27. The van der Waals surface area contributed by atoms with Crippen LogP contribution < -0.4 is 0 Å². The van der Waals surface area contributed by atoms with Gasteiger partial charge in [-0.25, -0.2) is 0 Å². The molecule has 0 aromatic rings. The van der Waals surface area contributed by atoms with Crippen LogP contribution in [0.5, 0.6) is 0 Å². The molecule has 0 bridgehead atoms. The maximum absolute atomic E-state index is 10.2. The molecule has 10 atom stereocenters. The van der Waals surface area contributed by atoms with Crippen molar-refractivity contribution in [2.24, 2.45) is 5.92 Å². The molecule has 0 amide bonds. The first kappa shape index (κ1) is 19.9. The molecule has 10 unspecified atom stereocenters. The zero-order chi connectivity index (χ0) is 18.0. The van der Waals surface area contributed by atoms with E-state index in [0.29, 0.717) is 0 Å². The molecule has 2 fully saturated rings. The molecular weight excluding hydrogens is 328 g/mol. The summed E-state index contributed by atoms with van der Waals surface area (Å²) in [6.45, 7) is 0.666. The highest BCUT2D eigenvalue weighted by atomic mass is 16.7. The van der Waals surface area contributed by atoms with Crippen LogP contribution in [0.25, 0.3) is 0 Å². The molecule has 0 saturated carbocycles. The topological polar surface area (TPSA) is 158 Å². The van der Waals surface area contributed by atoms with Crippen LogP contribution in [-0.2, 0) is 18.9 Å². The van der Waals surface area contributed by atoms with Gasteiger partial charge in [-0.1, -0.05) is 6.92 Å². The van der Waals surface area contributed by atoms with E-state index in [2.05, 4.69) is 0 Å². The zero-order valence-corrected chi connectivity index (χ0v) is 13.5. The van der Waals surface area contributed by atoms with Crippen LogP contribution in [0.2, 0.25) is 0 Å². The molecule has 0 aliphatic carbocycles. The second-order valence-electron chi connectivity index (χ2n) is 6.11. The first-order chi connectivity index (χ1) is 11.3. The maximum atomic E-state index is 10.2. The highest BCUT2D eigenvalue weighted by molar-refractivity contribution is 4.93. The summed E-state index contributed by atoms with van der Waals surface area (Å²) < 4.78 is 21.1. The molecule has 6 N–H and O–H groups in total. The summed E-state index contributed by atoms with van der Waals surface area (Å²) in [6.07, 6.45) is -11.2. The van der Waals surface area contributed by atoms with Crippen molar-refractivity contribution in [1.82, 2.24) is 0 Å². The standard InChI is InChI=1S/C14H26O10/c1-5-6(3-15)22-14(10(19)8(5)17)24-12-7(4-16)23-13(21-2)11(20)9(12)18/h5-20H,3-4H2,1-2H3. The number of rotatable bonds is 5. The van der Waals surface area contributed by atoms with Gasteiger partial charge in [-0.3, -0.25) is 0 Å². The minimum atomic E-state index is -1.49. The minimum absolute atomic E-state index is 0.396. The molecule has 2 aliphatic heterocycles. The number of hydrogen-bond acceptors (Lipinski definition) is 10. The van der Waals surface area contributed by atoms with Gasteiger partial charge in [0.25, 0.3) is 0 Å². The summed E-state index contributed by atoms with van der Waals surface area (Å²) in [5.41, 5.74) is 0. The van der Waals surface area contributed by atoms with E-state index in [1.54, 1.807) is 6.92 Å². The van der Waals surface area contributed by atoms with E-state index in [1.807, 2.05) is 0 Å². The highest BCUT2D eigenvalue weighted by Gasteiger charge is 2.49. The Labute approximate surface area is 139 Å². The predicted molar refractivity (Wildman–Crippen MR) is 76.6 cm³/mol. The lowest BCUT2D eigenvalue weighted by Crippen LogP contribution is -2.63. The highest BCUT2D eigenvalue weighted by Crippen LogP contribution is 2.31. The Bertz CT molecular complexity index is 392. The summed E-state index contributed by atoms with van der Waals surface area (Å²) in [6, 6.07) is 0. The van der Waals surface area contributed by atoms with Gasteiger partial charge in [0.1, 0.15) is 30.5 Å². The molecule has 0 spiro atoms. The summed E-state index contributed by atoms with van der Waals surface area (Å²) in [5, 5.41) is 59.0. The Balaban J connectivity index is 2.12. The van der Waals surface area contributed by atoms with Crippen molar-refractivity contribution >= 4 is 0 Å². The van der Waals surface area contributed by atoms with Crippen molar-refractivity contribution in [3.05, 3.63) is 0 Å². The van der Waals surface area contributed by atoms with E-state index in [1.165, 1.54) is 7.11 Å². The van der Waals surface area contributed by atoms with Crippen molar-refractivity contribution in [2.45, 2.75) is 62.2 Å². The quantitative estimate of drug-likeness (QED) is 0.293. The second kappa shape index (κ2) is 8.32. The van der Waals surface area contributed by atoms with Gasteiger partial charge < -0.3 is 49.6 Å². The first-order valence-electron chi connectivity index (χ1n) is 7.78. The minimum Gasteiger partial charge on any atom is -0.394 e. The molecule has 10 heteroatoms. The molecule has 10 nitrogen and oxygen atoms in total. The molecule has 0 aromatic heterocycles. The normalized spacial score (nSPS) is 50.0.